The number of carbonyl (C=O) groups is 1. The fourth-order valence-electron chi connectivity index (χ4n) is 2.67. The Morgan fingerprint density at radius 3 is 2.48 bits per heavy atom. The molecule has 5 nitrogen and oxygen atoms in total. The Morgan fingerprint density at radius 1 is 1.24 bits per heavy atom. The number of hydrogen-bond donors (Lipinski definition) is 0. The maximum Gasteiger partial charge on any atom is 0.269 e. The zero-order chi connectivity index (χ0) is 18.0. The molecule has 0 unspecified atom stereocenters. The summed E-state index contributed by atoms with van der Waals surface area (Å²) in [5.41, 5.74) is 0.974. The largest absolute Gasteiger partial charge is 0.335 e. The maximum atomic E-state index is 14.0. The Balaban J connectivity index is 1.74. The van der Waals surface area contributed by atoms with Gasteiger partial charge in [0.25, 0.3) is 5.69 Å². The average molecular weight is 363 g/mol. The van der Waals surface area contributed by atoms with Crippen LogP contribution in [0.15, 0.2) is 42.5 Å². The lowest BCUT2D eigenvalue weighted by Gasteiger charge is -2.23. The number of carbonyl (C=O) groups excluding carboxylic acids is 1. The van der Waals surface area contributed by atoms with Crippen LogP contribution < -0.4 is 0 Å². The predicted molar refractivity (Wildman–Crippen MR) is 91.8 cm³/mol. The van der Waals surface area contributed by atoms with Crippen LogP contribution in [0.25, 0.3) is 0 Å². The van der Waals surface area contributed by atoms with Crippen molar-refractivity contribution >= 4 is 23.2 Å². The van der Waals surface area contributed by atoms with E-state index in [-0.39, 0.29) is 30.6 Å². The molecule has 1 amide bonds. The van der Waals surface area contributed by atoms with Gasteiger partial charge in [-0.3, -0.25) is 14.9 Å². The summed E-state index contributed by atoms with van der Waals surface area (Å²) in [7, 11) is 0. The topological polar surface area (TPSA) is 63.4 Å². The summed E-state index contributed by atoms with van der Waals surface area (Å²) in [6.45, 7) is 0.127. The molecule has 2 aromatic carbocycles. The normalized spacial score (nSPS) is 13.5. The molecule has 0 radical (unpaired) electrons. The summed E-state index contributed by atoms with van der Waals surface area (Å²) < 4.78 is 14.0. The van der Waals surface area contributed by atoms with Crippen molar-refractivity contribution in [2.45, 2.75) is 31.8 Å². The van der Waals surface area contributed by atoms with Crippen LogP contribution in [0, 0.1) is 15.9 Å². The van der Waals surface area contributed by atoms with Crippen molar-refractivity contribution in [1.82, 2.24) is 4.90 Å². The third-order valence-electron chi connectivity index (χ3n) is 4.20. The first kappa shape index (κ1) is 17.4. The molecular formula is C18H16ClFN2O3. The number of non-ortho nitro benzene ring substituents is 1. The Morgan fingerprint density at radius 2 is 1.92 bits per heavy atom. The minimum atomic E-state index is -0.484. The van der Waals surface area contributed by atoms with Crippen LogP contribution >= 0.6 is 11.6 Å². The highest BCUT2D eigenvalue weighted by molar-refractivity contribution is 6.31. The van der Waals surface area contributed by atoms with E-state index in [0.29, 0.717) is 16.1 Å². The quantitative estimate of drug-likeness (QED) is 0.573. The first-order valence-corrected chi connectivity index (χ1v) is 8.29. The van der Waals surface area contributed by atoms with Crippen molar-refractivity contribution in [3.8, 4) is 0 Å². The second kappa shape index (κ2) is 7.19. The standard InChI is InChI=1S/C18H16ClFN2O3/c19-16-2-1-3-17(20)15(16)11-21(13-8-9-13)18(23)10-12-4-6-14(7-5-12)22(24)25/h1-7,13H,8-11H2. The van der Waals surface area contributed by atoms with E-state index in [2.05, 4.69) is 0 Å². The molecule has 3 rings (SSSR count). The first-order chi connectivity index (χ1) is 12.0. The van der Waals surface area contributed by atoms with Gasteiger partial charge < -0.3 is 4.90 Å². The first-order valence-electron chi connectivity index (χ1n) is 7.91. The van der Waals surface area contributed by atoms with Crippen LogP contribution in [0.3, 0.4) is 0 Å². The Hall–Kier alpha value is -2.47. The minimum absolute atomic E-state index is 0.0200. The molecule has 0 spiro atoms. The third-order valence-corrected chi connectivity index (χ3v) is 4.55. The maximum absolute atomic E-state index is 14.0. The average Bonchev–Trinajstić information content (AvgIpc) is 3.40. The molecule has 0 saturated heterocycles. The molecule has 1 fully saturated rings. The number of nitrogens with zero attached hydrogens (tertiary/aromatic N) is 2. The van der Waals surface area contributed by atoms with Gasteiger partial charge in [0.1, 0.15) is 5.82 Å². The Labute approximate surface area is 149 Å². The lowest BCUT2D eigenvalue weighted by Crippen LogP contribution is -2.34. The van der Waals surface area contributed by atoms with Crippen molar-refractivity contribution < 1.29 is 14.1 Å². The summed E-state index contributed by atoms with van der Waals surface area (Å²) in [5, 5.41) is 11.0. The van der Waals surface area contributed by atoms with Gasteiger partial charge in [0.2, 0.25) is 5.91 Å². The van der Waals surface area contributed by atoms with E-state index < -0.39 is 10.7 Å². The van der Waals surface area contributed by atoms with Crippen molar-refractivity contribution in [1.29, 1.82) is 0 Å². The van der Waals surface area contributed by atoms with Gasteiger partial charge in [-0.15, -0.1) is 0 Å². The zero-order valence-corrected chi connectivity index (χ0v) is 14.1. The number of amides is 1. The fourth-order valence-corrected chi connectivity index (χ4v) is 2.90. The molecule has 25 heavy (non-hydrogen) atoms. The second-order valence-electron chi connectivity index (χ2n) is 6.05. The molecule has 0 heterocycles. The third kappa shape index (κ3) is 4.14. The van der Waals surface area contributed by atoms with E-state index in [1.807, 2.05) is 0 Å². The van der Waals surface area contributed by atoms with Crippen molar-refractivity contribution in [2.24, 2.45) is 0 Å². The molecule has 0 bridgehead atoms. The van der Waals surface area contributed by atoms with E-state index in [9.17, 15) is 19.3 Å². The molecule has 1 saturated carbocycles. The van der Waals surface area contributed by atoms with Crippen LogP contribution in [0.2, 0.25) is 5.02 Å². The number of rotatable bonds is 6. The van der Waals surface area contributed by atoms with E-state index in [0.717, 1.165) is 12.8 Å². The van der Waals surface area contributed by atoms with Crippen LogP contribution in [0.4, 0.5) is 10.1 Å². The van der Waals surface area contributed by atoms with Gasteiger partial charge in [-0.05, 0) is 30.5 Å². The van der Waals surface area contributed by atoms with Gasteiger partial charge in [0.15, 0.2) is 0 Å². The van der Waals surface area contributed by atoms with Gasteiger partial charge >= 0.3 is 0 Å². The molecule has 130 valence electrons. The molecule has 0 aromatic heterocycles. The van der Waals surface area contributed by atoms with Crippen LogP contribution in [-0.4, -0.2) is 21.8 Å². The summed E-state index contributed by atoms with van der Waals surface area (Å²) in [4.78, 5) is 24.5. The number of hydrogen-bond acceptors (Lipinski definition) is 3. The zero-order valence-electron chi connectivity index (χ0n) is 13.3. The van der Waals surface area contributed by atoms with E-state index in [4.69, 9.17) is 11.6 Å². The van der Waals surface area contributed by atoms with Gasteiger partial charge in [-0.25, -0.2) is 4.39 Å². The molecule has 0 atom stereocenters. The van der Waals surface area contributed by atoms with E-state index >= 15 is 0 Å². The Kier molecular flexibility index (Phi) is 4.99. The summed E-state index contributed by atoms with van der Waals surface area (Å²) in [6, 6.07) is 10.4. The van der Waals surface area contributed by atoms with Crippen LogP contribution in [0.1, 0.15) is 24.0 Å². The second-order valence-corrected chi connectivity index (χ2v) is 6.46. The lowest BCUT2D eigenvalue weighted by atomic mass is 10.1. The molecule has 0 aliphatic heterocycles. The van der Waals surface area contributed by atoms with Gasteiger partial charge in [0, 0.05) is 28.8 Å². The number of nitro groups is 1. The predicted octanol–water partition coefficient (Wildman–Crippen LogP) is 4.12. The summed E-state index contributed by atoms with van der Waals surface area (Å²) >= 11 is 6.07. The molecule has 2 aromatic rings. The highest BCUT2D eigenvalue weighted by Gasteiger charge is 2.33. The molecular weight excluding hydrogens is 347 g/mol. The molecule has 0 N–H and O–H groups in total. The van der Waals surface area contributed by atoms with Gasteiger partial charge in [-0.2, -0.15) is 0 Å². The van der Waals surface area contributed by atoms with E-state index in [1.54, 1.807) is 23.1 Å². The van der Waals surface area contributed by atoms with Crippen LogP contribution in [0.5, 0.6) is 0 Å². The van der Waals surface area contributed by atoms with Crippen LogP contribution in [-0.2, 0) is 17.8 Å². The Bertz CT molecular complexity index is 786. The van der Waals surface area contributed by atoms with Gasteiger partial charge in [0.05, 0.1) is 17.9 Å². The number of benzene rings is 2. The highest BCUT2D eigenvalue weighted by Crippen LogP contribution is 2.31. The number of halogens is 2. The van der Waals surface area contributed by atoms with Crippen molar-refractivity contribution in [2.75, 3.05) is 0 Å². The molecule has 1 aliphatic rings. The van der Waals surface area contributed by atoms with Crippen molar-refractivity contribution in [3.63, 3.8) is 0 Å². The molecule has 1 aliphatic carbocycles. The SMILES string of the molecule is O=C(Cc1ccc([N+](=O)[O-])cc1)N(Cc1c(F)cccc1Cl)C1CC1. The smallest absolute Gasteiger partial charge is 0.269 e. The lowest BCUT2D eigenvalue weighted by molar-refractivity contribution is -0.384. The van der Waals surface area contributed by atoms with E-state index in [1.165, 1.54) is 24.3 Å². The van der Waals surface area contributed by atoms with Gasteiger partial charge in [-0.1, -0.05) is 29.8 Å². The monoisotopic (exact) mass is 362 g/mol. The molecule has 7 heteroatoms. The highest BCUT2D eigenvalue weighted by atomic mass is 35.5. The number of nitro benzene ring substituents is 1. The minimum Gasteiger partial charge on any atom is -0.335 e. The summed E-state index contributed by atoms with van der Waals surface area (Å²) in [6.07, 6.45) is 1.89. The van der Waals surface area contributed by atoms with Crippen molar-refractivity contribution in [3.05, 3.63) is 74.5 Å². The fraction of sp³-hybridized carbons (Fsp3) is 0.278. The summed E-state index contributed by atoms with van der Waals surface area (Å²) in [5.74, 6) is -0.572.